The second-order valence-electron chi connectivity index (χ2n) is 5.90. The van der Waals surface area contributed by atoms with Crippen molar-refractivity contribution >= 4 is 0 Å². The topological polar surface area (TPSA) is 51.8 Å². The standard InChI is InChI=1S/C17H22N6/c1-14(21(2)3)15-6-4-7-16(12-15)17-13-23(20-19-17)11-10-22-9-5-8-18-22/h4-9,12-14H,10-11H2,1-3H3/t14-/m1/s1. The summed E-state index contributed by atoms with van der Waals surface area (Å²) in [7, 11) is 4.17. The molecule has 1 atom stereocenters. The van der Waals surface area contributed by atoms with Crippen LogP contribution in [0.1, 0.15) is 18.5 Å². The molecule has 0 saturated carbocycles. The number of aromatic nitrogens is 5. The molecule has 0 N–H and O–H groups in total. The molecule has 0 aliphatic carbocycles. The average Bonchev–Trinajstić information content (AvgIpc) is 3.23. The Hall–Kier alpha value is -2.47. The lowest BCUT2D eigenvalue weighted by Gasteiger charge is -2.20. The van der Waals surface area contributed by atoms with Gasteiger partial charge in [0.25, 0.3) is 0 Å². The lowest BCUT2D eigenvalue weighted by atomic mass is 10.0. The van der Waals surface area contributed by atoms with Crippen LogP contribution < -0.4 is 0 Å². The summed E-state index contributed by atoms with van der Waals surface area (Å²) in [6, 6.07) is 10.8. The predicted octanol–water partition coefficient (Wildman–Crippen LogP) is 2.46. The summed E-state index contributed by atoms with van der Waals surface area (Å²) in [5, 5.41) is 12.7. The zero-order valence-electron chi connectivity index (χ0n) is 13.8. The quantitative estimate of drug-likeness (QED) is 0.702. The minimum atomic E-state index is 0.366. The van der Waals surface area contributed by atoms with E-state index in [0.717, 1.165) is 24.3 Å². The summed E-state index contributed by atoms with van der Waals surface area (Å²) in [6.45, 7) is 3.73. The Bertz CT molecular complexity index is 744. The van der Waals surface area contributed by atoms with Crippen LogP contribution in [-0.4, -0.2) is 43.8 Å². The van der Waals surface area contributed by atoms with Gasteiger partial charge in [-0.3, -0.25) is 9.36 Å². The smallest absolute Gasteiger partial charge is 0.113 e. The molecule has 2 aromatic heterocycles. The fraction of sp³-hybridized carbons (Fsp3) is 0.353. The fourth-order valence-electron chi connectivity index (χ4n) is 2.43. The molecule has 0 aliphatic rings. The van der Waals surface area contributed by atoms with Crippen LogP contribution in [0.3, 0.4) is 0 Å². The molecule has 3 rings (SSSR count). The van der Waals surface area contributed by atoms with Gasteiger partial charge in [-0.25, -0.2) is 0 Å². The van der Waals surface area contributed by atoms with Gasteiger partial charge < -0.3 is 4.90 Å². The molecule has 0 saturated heterocycles. The zero-order chi connectivity index (χ0) is 16.2. The molecular formula is C17H22N6. The highest BCUT2D eigenvalue weighted by Gasteiger charge is 2.10. The number of benzene rings is 1. The van der Waals surface area contributed by atoms with Crippen LogP contribution in [0.4, 0.5) is 0 Å². The van der Waals surface area contributed by atoms with Crippen molar-refractivity contribution in [2.75, 3.05) is 14.1 Å². The van der Waals surface area contributed by atoms with E-state index in [9.17, 15) is 0 Å². The van der Waals surface area contributed by atoms with Gasteiger partial charge in [0.2, 0.25) is 0 Å². The largest absolute Gasteiger partial charge is 0.303 e. The molecule has 0 aliphatic heterocycles. The molecule has 0 unspecified atom stereocenters. The Labute approximate surface area is 136 Å². The number of hydrogen-bond donors (Lipinski definition) is 0. The van der Waals surface area contributed by atoms with Crippen LogP contribution in [0.5, 0.6) is 0 Å². The van der Waals surface area contributed by atoms with Crippen molar-refractivity contribution in [1.29, 1.82) is 0 Å². The van der Waals surface area contributed by atoms with Crippen molar-refractivity contribution in [3.63, 3.8) is 0 Å². The van der Waals surface area contributed by atoms with Crippen LogP contribution in [0.15, 0.2) is 48.9 Å². The van der Waals surface area contributed by atoms with Gasteiger partial charge in [0.05, 0.1) is 19.3 Å². The lowest BCUT2D eigenvalue weighted by molar-refractivity contribution is 0.321. The van der Waals surface area contributed by atoms with Crippen LogP contribution in [0, 0.1) is 0 Å². The van der Waals surface area contributed by atoms with E-state index in [1.54, 1.807) is 6.20 Å². The first-order valence-corrected chi connectivity index (χ1v) is 7.78. The van der Waals surface area contributed by atoms with Gasteiger partial charge in [0.1, 0.15) is 5.69 Å². The monoisotopic (exact) mass is 310 g/mol. The third-order valence-electron chi connectivity index (χ3n) is 4.10. The third-order valence-corrected chi connectivity index (χ3v) is 4.10. The molecule has 120 valence electrons. The molecule has 1 aromatic carbocycles. The second kappa shape index (κ2) is 6.75. The van der Waals surface area contributed by atoms with E-state index >= 15 is 0 Å². The maximum atomic E-state index is 4.30. The highest BCUT2D eigenvalue weighted by molar-refractivity contribution is 5.58. The van der Waals surface area contributed by atoms with E-state index in [4.69, 9.17) is 0 Å². The van der Waals surface area contributed by atoms with Crippen molar-refractivity contribution in [3.8, 4) is 11.3 Å². The summed E-state index contributed by atoms with van der Waals surface area (Å²) >= 11 is 0. The minimum absolute atomic E-state index is 0.366. The molecule has 23 heavy (non-hydrogen) atoms. The van der Waals surface area contributed by atoms with Crippen molar-refractivity contribution in [2.45, 2.75) is 26.1 Å². The van der Waals surface area contributed by atoms with E-state index in [1.807, 2.05) is 27.8 Å². The first kappa shape index (κ1) is 15.4. The van der Waals surface area contributed by atoms with Crippen LogP contribution in [-0.2, 0) is 13.1 Å². The lowest BCUT2D eigenvalue weighted by Crippen LogP contribution is -2.16. The third kappa shape index (κ3) is 3.65. The van der Waals surface area contributed by atoms with Crippen molar-refractivity contribution in [2.24, 2.45) is 0 Å². The van der Waals surface area contributed by atoms with Crippen LogP contribution in [0.2, 0.25) is 0 Å². The number of hydrogen-bond acceptors (Lipinski definition) is 4. The molecule has 6 heteroatoms. The number of nitrogens with zero attached hydrogens (tertiary/aromatic N) is 6. The molecule has 0 amide bonds. The van der Waals surface area contributed by atoms with Gasteiger partial charge in [-0.2, -0.15) is 5.10 Å². The highest BCUT2D eigenvalue weighted by atomic mass is 15.4. The van der Waals surface area contributed by atoms with Gasteiger partial charge in [0.15, 0.2) is 0 Å². The van der Waals surface area contributed by atoms with Gasteiger partial charge in [-0.05, 0) is 38.7 Å². The minimum Gasteiger partial charge on any atom is -0.303 e. The highest BCUT2D eigenvalue weighted by Crippen LogP contribution is 2.23. The summed E-state index contributed by atoms with van der Waals surface area (Å²) in [5.41, 5.74) is 3.28. The van der Waals surface area contributed by atoms with Gasteiger partial charge in [-0.15, -0.1) is 5.10 Å². The van der Waals surface area contributed by atoms with E-state index in [0.29, 0.717) is 6.04 Å². The van der Waals surface area contributed by atoms with Crippen molar-refractivity contribution < 1.29 is 0 Å². The second-order valence-corrected chi connectivity index (χ2v) is 5.90. The molecular weight excluding hydrogens is 288 g/mol. The van der Waals surface area contributed by atoms with E-state index in [1.165, 1.54) is 5.56 Å². The molecule has 0 spiro atoms. The average molecular weight is 310 g/mol. The maximum Gasteiger partial charge on any atom is 0.113 e. The Balaban J connectivity index is 1.73. The first-order valence-electron chi connectivity index (χ1n) is 7.78. The number of rotatable bonds is 6. The fourth-order valence-corrected chi connectivity index (χ4v) is 2.43. The van der Waals surface area contributed by atoms with Crippen LogP contribution >= 0.6 is 0 Å². The first-order chi connectivity index (χ1) is 11.1. The van der Waals surface area contributed by atoms with Gasteiger partial charge in [0, 0.05) is 24.0 Å². The number of aryl methyl sites for hydroxylation is 2. The molecule has 0 bridgehead atoms. The van der Waals surface area contributed by atoms with E-state index < -0.39 is 0 Å². The Morgan fingerprint density at radius 2 is 1.96 bits per heavy atom. The molecule has 2 heterocycles. The molecule has 0 fully saturated rings. The van der Waals surface area contributed by atoms with Crippen LogP contribution in [0.25, 0.3) is 11.3 Å². The van der Waals surface area contributed by atoms with E-state index in [-0.39, 0.29) is 0 Å². The summed E-state index contributed by atoms with van der Waals surface area (Å²) in [4.78, 5) is 2.19. The normalized spacial score (nSPS) is 12.7. The van der Waals surface area contributed by atoms with Gasteiger partial charge in [-0.1, -0.05) is 23.4 Å². The van der Waals surface area contributed by atoms with E-state index in [2.05, 4.69) is 65.6 Å². The zero-order valence-corrected chi connectivity index (χ0v) is 13.8. The summed E-state index contributed by atoms with van der Waals surface area (Å²) in [6.07, 6.45) is 5.72. The Kier molecular flexibility index (Phi) is 4.52. The summed E-state index contributed by atoms with van der Waals surface area (Å²) < 4.78 is 3.75. The van der Waals surface area contributed by atoms with Gasteiger partial charge >= 0.3 is 0 Å². The molecule has 6 nitrogen and oxygen atoms in total. The predicted molar refractivity (Wildman–Crippen MR) is 89.8 cm³/mol. The Morgan fingerprint density at radius 3 is 2.70 bits per heavy atom. The Morgan fingerprint density at radius 1 is 1.13 bits per heavy atom. The van der Waals surface area contributed by atoms with Crippen molar-refractivity contribution in [3.05, 3.63) is 54.5 Å². The summed E-state index contributed by atoms with van der Waals surface area (Å²) in [5.74, 6) is 0. The molecule has 0 radical (unpaired) electrons. The SMILES string of the molecule is C[C@H](c1cccc(-c2cn(CCn3cccn3)nn2)c1)N(C)C. The maximum absolute atomic E-state index is 4.30. The van der Waals surface area contributed by atoms with Crippen molar-refractivity contribution in [1.82, 2.24) is 29.7 Å². The molecule has 3 aromatic rings.